The predicted octanol–water partition coefficient (Wildman–Crippen LogP) is 6.73. The first-order chi connectivity index (χ1) is 14.9. The molecule has 0 aliphatic rings. The van der Waals surface area contributed by atoms with Crippen molar-refractivity contribution >= 4 is 40.9 Å². The first-order valence-corrected chi connectivity index (χ1v) is 10.3. The minimum Gasteiger partial charge on any atom is -0.488 e. The minimum absolute atomic E-state index is 0.0849. The molecule has 0 unspecified atom stereocenters. The third-order valence-electron chi connectivity index (χ3n) is 4.68. The van der Waals surface area contributed by atoms with Crippen LogP contribution >= 0.6 is 23.2 Å². The predicted molar refractivity (Wildman–Crippen MR) is 125 cm³/mol. The van der Waals surface area contributed by atoms with Crippen LogP contribution in [0.15, 0.2) is 66.2 Å². The average molecular weight is 451 g/mol. The number of nitrogens with one attached hydrogen (secondary N) is 1. The van der Waals surface area contributed by atoms with Crippen molar-refractivity contribution in [3.05, 3.63) is 98.5 Å². The highest BCUT2D eigenvalue weighted by atomic mass is 35.5. The normalized spacial score (nSPS) is 11.0. The number of anilines is 1. The molecule has 0 bridgehead atoms. The lowest BCUT2D eigenvalue weighted by Gasteiger charge is -2.12. The highest BCUT2D eigenvalue weighted by Gasteiger charge is 2.12. The maximum atomic E-state index is 12.6. The molecule has 0 saturated heterocycles. The fourth-order valence-corrected chi connectivity index (χ4v) is 3.26. The molecular formula is C25H20Cl2N2O2. The Balaban J connectivity index is 1.83. The third kappa shape index (κ3) is 6.11. The Morgan fingerprint density at radius 3 is 2.52 bits per heavy atom. The van der Waals surface area contributed by atoms with Crippen LogP contribution in [0, 0.1) is 25.2 Å². The summed E-state index contributed by atoms with van der Waals surface area (Å²) in [6.45, 7) is 4.45. The van der Waals surface area contributed by atoms with E-state index in [0.717, 1.165) is 5.56 Å². The zero-order valence-electron chi connectivity index (χ0n) is 17.1. The molecule has 0 heterocycles. The minimum atomic E-state index is -0.551. The van der Waals surface area contributed by atoms with Gasteiger partial charge in [-0.05, 0) is 73.0 Å². The average Bonchev–Trinajstić information content (AvgIpc) is 2.73. The van der Waals surface area contributed by atoms with Crippen molar-refractivity contribution in [2.24, 2.45) is 0 Å². The van der Waals surface area contributed by atoms with Crippen LogP contribution in [0.5, 0.6) is 5.75 Å². The number of halogens is 2. The summed E-state index contributed by atoms with van der Waals surface area (Å²) < 4.78 is 5.97. The van der Waals surface area contributed by atoms with E-state index in [9.17, 15) is 10.1 Å². The van der Waals surface area contributed by atoms with Crippen molar-refractivity contribution in [3.63, 3.8) is 0 Å². The van der Waals surface area contributed by atoms with Gasteiger partial charge in [-0.2, -0.15) is 5.26 Å². The lowest BCUT2D eigenvalue weighted by atomic mass is 10.1. The van der Waals surface area contributed by atoms with Gasteiger partial charge in [0.25, 0.3) is 5.91 Å². The number of nitrogens with zero attached hydrogens (tertiary/aromatic N) is 1. The van der Waals surface area contributed by atoms with Gasteiger partial charge in [-0.25, -0.2) is 0 Å². The van der Waals surface area contributed by atoms with Gasteiger partial charge < -0.3 is 10.1 Å². The maximum Gasteiger partial charge on any atom is 0.266 e. The molecular weight excluding hydrogens is 431 g/mol. The van der Waals surface area contributed by atoms with Gasteiger partial charge in [0.05, 0.1) is 0 Å². The van der Waals surface area contributed by atoms with E-state index in [1.165, 1.54) is 17.2 Å². The Labute approximate surface area is 191 Å². The number of nitriles is 1. The Kier molecular flexibility index (Phi) is 7.36. The molecule has 0 spiro atoms. The molecule has 3 rings (SSSR count). The zero-order chi connectivity index (χ0) is 22.4. The molecule has 6 heteroatoms. The van der Waals surface area contributed by atoms with E-state index in [2.05, 4.69) is 18.3 Å². The SMILES string of the molecule is Cc1ccc(COc2ccc(Cl)cc2/C=C(\C#N)C(=O)Nc2cccc(Cl)c2)cc1C. The number of carbonyl (C=O) groups is 1. The Hall–Kier alpha value is -3.26. The Bertz CT molecular complexity index is 1200. The number of hydrogen-bond acceptors (Lipinski definition) is 3. The van der Waals surface area contributed by atoms with Crippen LogP contribution in [-0.2, 0) is 11.4 Å². The molecule has 0 saturated carbocycles. The zero-order valence-corrected chi connectivity index (χ0v) is 18.6. The van der Waals surface area contributed by atoms with Gasteiger partial charge in [0, 0.05) is 21.3 Å². The van der Waals surface area contributed by atoms with Crippen molar-refractivity contribution in [2.45, 2.75) is 20.5 Å². The summed E-state index contributed by atoms with van der Waals surface area (Å²) in [6.07, 6.45) is 1.46. The number of aryl methyl sites for hydroxylation is 2. The van der Waals surface area contributed by atoms with Crippen LogP contribution in [-0.4, -0.2) is 5.91 Å². The monoisotopic (exact) mass is 450 g/mol. The quantitative estimate of drug-likeness (QED) is 0.334. The van der Waals surface area contributed by atoms with Crippen LogP contribution in [0.3, 0.4) is 0 Å². The standard InChI is InChI=1S/C25H20Cl2N2O2/c1-16-6-7-18(10-17(16)2)15-31-24-9-8-22(27)12-19(24)11-20(14-28)25(30)29-23-5-3-4-21(26)13-23/h3-13H,15H2,1-2H3,(H,29,30)/b20-11+. The van der Waals surface area contributed by atoms with E-state index >= 15 is 0 Å². The van der Waals surface area contributed by atoms with Gasteiger partial charge in [0.1, 0.15) is 24.0 Å². The molecule has 3 aromatic rings. The number of carbonyl (C=O) groups excluding carboxylic acids is 1. The molecule has 1 amide bonds. The van der Waals surface area contributed by atoms with Gasteiger partial charge in [-0.15, -0.1) is 0 Å². The second-order valence-electron chi connectivity index (χ2n) is 7.02. The number of rotatable bonds is 6. The lowest BCUT2D eigenvalue weighted by molar-refractivity contribution is -0.112. The highest BCUT2D eigenvalue weighted by Crippen LogP contribution is 2.27. The van der Waals surface area contributed by atoms with E-state index < -0.39 is 5.91 Å². The van der Waals surface area contributed by atoms with Crippen molar-refractivity contribution in [3.8, 4) is 11.8 Å². The van der Waals surface area contributed by atoms with Gasteiger partial charge in [0.15, 0.2) is 0 Å². The van der Waals surface area contributed by atoms with E-state index in [0.29, 0.717) is 33.7 Å². The van der Waals surface area contributed by atoms with Crippen molar-refractivity contribution in [1.29, 1.82) is 5.26 Å². The first-order valence-electron chi connectivity index (χ1n) is 9.53. The fraction of sp³-hybridized carbons (Fsp3) is 0.120. The molecule has 0 aliphatic carbocycles. The molecule has 0 atom stereocenters. The summed E-state index contributed by atoms with van der Waals surface area (Å²) in [5.74, 6) is -0.0317. The van der Waals surface area contributed by atoms with E-state index in [1.54, 1.807) is 42.5 Å². The second-order valence-corrected chi connectivity index (χ2v) is 7.90. The summed E-state index contributed by atoms with van der Waals surface area (Å²) in [6, 6.07) is 19.8. The Morgan fingerprint density at radius 2 is 1.81 bits per heavy atom. The smallest absolute Gasteiger partial charge is 0.266 e. The van der Waals surface area contributed by atoms with Crippen molar-refractivity contribution in [2.75, 3.05) is 5.32 Å². The van der Waals surface area contributed by atoms with Crippen molar-refractivity contribution < 1.29 is 9.53 Å². The van der Waals surface area contributed by atoms with Gasteiger partial charge in [0.2, 0.25) is 0 Å². The topological polar surface area (TPSA) is 62.1 Å². The molecule has 1 N–H and O–H groups in total. The molecule has 0 aliphatic heterocycles. The highest BCUT2D eigenvalue weighted by molar-refractivity contribution is 6.31. The Morgan fingerprint density at radius 1 is 1.03 bits per heavy atom. The molecule has 31 heavy (non-hydrogen) atoms. The summed E-state index contributed by atoms with van der Waals surface area (Å²) in [4.78, 5) is 12.6. The number of hydrogen-bond donors (Lipinski definition) is 1. The summed E-state index contributed by atoms with van der Waals surface area (Å²) in [7, 11) is 0. The van der Waals surface area contributed by atoms with Gasteiger partial charge in [-0.1, -0.05) is 47.5 Å². The second kappa shape index (κ2) is 10.2. The van der Waals surface area contributed by atoms with Crippen molar-refractivity contribution in [1.82, 2.24) is 0 Å². The van der Waals surface area contributed by atoms with Gasteiger partial charge >= 0.3 is 0 Å². The molecule has 4 nitrogen and oxygen atoms in total. The third-order valence-corrected chi connectivity index (χ3v) is 5.16. The molecule has 0 fully saturated rings. The molecule has 0 radical (unpaired) electrons. The summed E-state index contributed by atoms with van der Waals surface area (Å²) >= 11 is 12.1. The first kappa shape index (κ1) is 22.4. The molecule has 0 aromatic heterocycles. The van der Waals surface area contributed by atoms with E-state index in [-0.39, 0.29) is 5.57 Å². The van der Waals surface area contributed by atoms with E-state index in [1.807, 2.05) is 25.1 Å². The van der Waals surface area contributed by atoms with Crippen LogP contribution in [0.4, 0.5) is 5.69 Å². The van der Waals surface area contributed by atoms with Gasteiger partial charge in [-0.3, -0.25) is 4.79 Å². The van der Waals surface area contributed by atoms with Crippen LogP contribution in [0.1, 0.15) is 22.3 Å². The van der Waals surface area contributed by atoms with Crippen LogP contribution in [0.2, 0.25) is 10.0 Å². The van der Waals surface area contributed by atoms with Crippen LogP contribution in [0.25, 0.3) is 6.08 Å². The molecule has 3 aromatic carbocycles. The van der Waals surface area contributed by atoms with E-state index in [4.69, 9.17) is 27.9 Å². The summed E-state index contributed by atoms with van der Waals surface area (Å²) in [5, 5.41) is 13.2. The fourth-order valence-electron chi connectivity index (χ4n) is 2.89. The number of benzene rings is 3. The lowest BCUT2D eigenvalue weighted by Crippen LogP contribution is -2.13. The largest absolute Gasteiger partial charge is 0.488 e. The number of amides is 1. The van der Waals surface area contributed by atoms with Crippen LogP contribution < -0.4 is 10.1 Å². The number of ether oxygens (including phenoxy) is 1. The summed E-state index contributed by atoms with van der Waals surface area (Å²) in [5.41, 5.74) is 4.36. The molecule has 156 valence electrons. The maximum absolute atomic E-state index is 12.6.